The molecular weight excluding hydrogens is 312 g/mol. The first-order valence-corrected chi connectivity index (χ1v) is 8.02. The Labute approximate surface area is 141 Å². The minimum Gasteiger partial charge on any atom is -0.504 e. The lowest BCUT2D eigenvalue weighted by molar-refractivity contribution is 0.0449. The second-order valence-corrected chi connectivity index (χ2v) is 6.22. The lowest BCUT2D eigenvalue weighted by Gasteiger charge is -2.40. The van der Waals surface area contributed by atoms with E-state index in [9.17, 15) is 19.8 Å². The van der Waals surface area contributed by atoms with Crippen molar-refractivity contribution in [2.75, 3.05) is 20.2 Å². The molecule has 0 aromatic heterocycles. The van der Waals surface area contributed by atoms with Gasteiger partial charge in [0.2, 0.25) is 0 Å². The third kappa shape index (κ3) is 3.72. The van der Waals surface area contributed by atoms with Crippen molar-refractivity contribution < 1.29 is 24.5 Å². The predicted molar refractivity (Wildman–Crippen MR) is 88.6 cm³/mol. The van der Waals surface area contributed by atoms with Gasteiger partial charge in [0, 0.05) is 24.7 Å². The Bertz CT molecular complexity index is 617. The molecule has 7 heteroatoms. The molecule has 0 spiro atoms. The smallest absolute Gasteiger partial charge is 0.407 e. The number of carbonyl (C=O) groups excluding carboxylic acids is 1. The Morgan fingerprint density at radius 2 is 2.08 bits per heavy atom. The molecule has 1 aromatic rings. The maximum absolute atomic E-state index is 12.9. The molecule has 1 aromatic carbocycles. The molecule has 1 saturated heterocycles. The first-order valence-electron chi connectivity index (χ1n) is 8.02. The molecule has 0 radical (unpaired) electrons. The van der Waals surface area contributed by atoms with E-state index in [0.717, 1.165) is 12.8 Å². The summed E-state index contributed by atoms with van der Waals surface area (Å²) in [6.07, 6.45) is 0.523. The molecule has 1 heterocycles. The zero-order chi connectivity index (χ0) is 17.9. The van der Waals surface area contributed by atoms with E-state index >= 15 is 0 Å². The fraction of sp³-hybridized carbons (Fsp3) is 0.529. The molecular formula is C17H24N2O5. The van der Waals surface area contributed by atoms with Gasteiger partial charge in [-0.1, -0.05) is 0 Å². The first kappa shape index (κ1) is 17.9. The van der Waals surface area contributed by atoms with Gasteiger partial charge in [0.25, 0.3) is 5.91 Å². The maximum Gasteiger partial charge on any atom is 0.407 e. The predicted octanol–water partition coefficient (Wildman–Crippen LogP) is 2.39. The minimum absolute atomic E-state index is 0.0829. The molecule has 2 N–H and O–H groups in total. The van der Waals surface area contributed by atoms with E-state index in [1.807, 2.05) is 13.8 Å². The van der Waals surface area contributed by atoms with Crippen LogP contribution in [0.4, 0.5) is 4.79 Å². The number of aromatic hydroxyl groups is 1. The van der Waals surface area contributed by atoms with E-state index in [1.54, 1.807) is 17.0 Å². The number of amides is 2. The number of phenolic OH excluding ortho intramolecular Hbond substituents is 1. The van der Waals surface area contributed by atoms with Crippen molar-refractivity contribution in [2.24, 2.45) is 0 Å². The van der Waals surface area contributed by atoms with Crippen LogP contribution in [0.3, 0.4) is 0 Å². The molecule has 0 bridgehead atoms. The molecule has 0 unspecified atom stereocenters. The van der Waals surface area contributed by atoms with Gasteiger partial charge in [-0.2, -0.15) is 0 Å². The highest BCUT2D eigenvalue weighted by molar-refractivity contribution is 5.95. The van der Waals surface area contributed by atoms with E-state index in [2.05, 4.69) is 0 Å². The first-order chi connectivity index (χ1) is 11.3. The summed E-state index contributed by atoms with van der Waals surface area (Å²) in [5.41, 5.74) is 0.356. The fourth-order valence-corrected chi connectivity index (χ4v) is 3.15. The number of hydrogen-bond acceptors (Lipinski definition) is 4. The van der Waals surface area contributed by atoms with Gasteiger partial charge in [0.15, 0.2) is 11.5 Å². The highest BCUT2D eigenvalue weighted by Gasteiger charge is 2.32. The number of nitrogens with zero attached hydrogens (tertiary/aromatic N) is 2. The third-order valence-electron chi connectivity index (χ3n) is 4.28. The lowest BCUT2D eigenvalue weighted by atomic mass is 10.0. The Balaban J connectivity index is 2.25. The van der Waals surface area contributed by atoms with Gasteiger partial charge in [-0.25, -0.2) is 4.79 Å². The van der Waals surface area contributed by atoms with Gasteiger partial charge < -0.3 is 24.7 Å². The summed E-state index contributed by atoms with van der Waals surface area (Å²) in [6.45, 7) is 4.61. The lowest BCUT2D eigenvalue weighted by Crippen LogP contribution is -2.53. The van der Waals surface area contributed by atoms with Crippen molar-refractivity contribution in [1.82, 2.24) is 9.80 Å². The Morgan fingerprint density at radius 1 is 1.38 bits per heavy atom. The van der Waals surface area contributed by atoms with Crippen LogP contribution in [0.25, 0.3) is 0 Å². The third-order valence-corrected chi connectivity index (χ3v) is 4.28. The zero-order valence-corrected chi connectivity index (χ0v) is 14.2. The van der Waals surface area contributed by atoms with Crippen LogP contribution in [0.2, 0.25) is 0 Å². The number of carboxylic acid groups (broad SMARTS) is 1. The van der Waals surface area contributed by atoms with E-state index in [0.29, 0.717) is 24.4 Å². The van der Waals surface area contributed by atoms with Crippen LogP contribution in [0.5, 0.6) is 11.5 Å². The highest BCUT2D eigenvalue weighted by Crippen LogP contribution is 2.28. The molecule has 1 fully saturated rings. The normalized spacial score (nSPS) is 17.7. The molecule has 132 valence electrons. The van der Waals surface area contributed by atoms with Crippen LogP contribution in [0.15, 0.2) is 18.2 Å². The topological polar surface area (TPSA) is 90.3 Å². The van der Waals surface area contributed by atoms with E-state index in [-0.39, 0.29) is 23.7 Å². The molecule has 0 saturated carbocycles. The number of benzene rings is 1. The summed E-state index contributed by atoms with van der Waals surface area (Å²) in [5.74, 6) is -0.0135. The Morgan fingerprint density at radius 3 is 2.62 bits per heavy atom. The van der Waals surface area contributed by atoms with Crippen molar-refractivity contribution in [3.05, 3.63) is 23.8 Å². The summed E-state index contributed by atoms with van der Waals surface area (Å²) >= 11 is 0. The monoisotopic (exact) mass is 336 g/mol. The van der Waals surface area contributed by atoms with Crippen LogP contribution in [0.1, 0.15) is 37.0 Å². The second kappa shape index (κ2) is 7.42. The van der Waals surface area contributed by atoms with Gasteiger partial charge in [0.05, 0.1) is 13.2 Å². The van der Waals surface area contributed by atoms with Crippen LogP contribution >= 0.6 is 0 Å². The van der Waals surface area contributed by atoms with Gasteiger partial charge >= 0.3 is 6.09 Å². The van der Waals surface area contributed by atoms with Gasteiger partial charge in [0.1, 0.15) is 0 Å². The molecule has 2 rings (SSSR count). The average Bonchev–Trinajstić information content (AvgIpc) is 2.54. The summed E-state index contributed by atoms with van der Waals surface area (Å²) in [6, 6.07) is 4.28. The van der Waals surface area contributed by atoms with Crippen molar-refractivity contribution in [1.29, 1.82) is 0 Å². The average molecular weight is 336 g/mol. The van der Waals surface area contributed by atoms with Crippen molar-refractivity contribution in [2.45, 2.75) is 38.8 Å². The number of piperidine rings is 1. The fourth-order valence-electron chi connectivity index (χ4n) is 3.15. The van der Waals surface area contributed by atoms with Crippen molar-refractivity contribution in [3.63, 3.8) is 0 Å². The van der Waals surface area contributed by atoms with Gasteiger partial charge in [-0.3, -0.25) is 4.79 Å². The summed E-state index contributed by atoms with van der Waals surface area (Å²) < 4.78 is 5.00. The minimum atomic E-state index is -0.960. The standard InChI is InChI=1S/C17H24N2O5/c1-11(2)19(13-5-4-8-18(10-13)17(22)23)16(21)12-6-7-15(24-3)14(20)9-12/h6-7,9,11,13,20H,4-5,8,10H2,1-3H3,(H,22,23)/t13-/m1/s1. The van der Waals surface area contributed by atoms with Crippen LogP contribution in [-0.2, 0) is 0 Å². The Hall–Kier alpha value is -2.44. The second-order valence-electron chi connectivity index (χ2n) is 6.22. The Kier molecular flexibility index (Phi) is 5.54. The molecule has 1 aliphatic rings. The largest absolute Gasteiger partial charge is 0.504 e. The SMILES string of the molecule is COc1ccc(C(=O)N(C(C)C)[C@@H]2CCCN(C(=O)O)C2)cc1O. The van der Waals surface area contributed by atoms with Gasteiger partial charge in [-0.05, 0) is 44.9 Å². The van der Waals surface area contributed by atoms with E-state index < -0.39 is 6.09 Å². The van der Waals surface area contributed by atoms with Crippen molar-refractivity contribution in [3.8, 4) is 11.5 Å². The molecule has 1 aliphatic heterocycles. The number of hydrogen-bond donors (Lipinski definition) is 2. The summed E-state index contributed by atoms with van der Waals surface area (Å²) in [7, 11) is 1.44. The van der Waals surface area contributed by atoms with E-state index in [4.69, 9.17) is 4.74 Å². The quantitative estimate of drug-likeness (QED) is 0.881. The number of rotatable bonds is 4. The maximum atomic E-state index is 12.9. The van der Waals surface area contributed by atoms with Crippen LogP contribution < -0.4 is 4.74 Å². The molecule has 24 heavy (non-hydrogen) atoms. The van der Waals surface area contributed by atoms with Crippen LogP contribution in [-0.4, -0.2) is 64.3 Å². The number of carbonyl (C=O) groups is 2. The molecule has 0 aliphatic carbocycles. The summed E-state index contributed by atoms with van der Waals surface area (Å²) in [5, 5.41) is 19.1. The summed E-state index contributed by atoms with van der Waals surface area (Å²) in [4.78, 5) is 27.2. The molecule has 1 atom stereocenters. The number of ether oxygens (including phenoxy) is 1. The van der Waals surface area contributed by atoms with Crippen molar-refractivity contribution >= 4 is 12.0 Å². The van der Waals surface area contributed by atoms with Crippen LogP contribution in [0, 0.1) is 0 Å². The molecule has 2 amide bonds. The zero-order valence-electron chi connectivity index (χ0n) is 14.2. The van der Waals surface area contributed by atoms with E-state index in [1.165, 1.54) is 18.1 Å². The van der Waals surface area contributed by atoms with Gasteiger partial charge in [-0.15, -0.1) is 0 Å². The number of likely N-dealkylation sites (tertiary alicyclic amines) is 1. The number of methoxy groups -OCH3 is 1. The molecule has 7 nitrogen and oxygen atoms in total. The number of phenols is 1. The highest BCUT2D eigenvalue weighted by atomic mass is 16.5.